The Hall–Kier alpha value is -3.02. The highest BCUT2D eigenvalue weighted by molar-refractivity contribution is 6.33. The SMILES string of the molecule is Cc1c(OC2C3COCC2CN(C(=O)OC(C)(C)C)C3)ccnc1Nc1ccc(C#N)cc1Cl. The largest absolute Gasteiger partial charge is 0.489 e. The van der Waals surface area contributed by atoms with Crippen LogP contribution in [0.4, 0.5) is 16.3 Å². The van der Waals surface area contributed by atoms with Crippen molar-refractivity contribution in [2.75, 3.05) is 31.6 Å². The van der Waals surface area contributed by atoms with E-state index in [9.17, 15) is 4.79 Å². The fraction of sp³-hybridized carbons (Fsp3) is 0.480. The Morgan fingerprint density at radius 3 is 2.59 bits per heavy atom. The Labute approximate surface area is 204 Å². The summed E-state index contributed by atoms with van der Waals surface area (Å²) in [5.74, 6) is 1.42. The fourth-order valence-corrected chi connectivity index (χ4v) is 4.53. The van der Waals surface area contributed by atoms with Crippen LogP contribution in [0.25, 0.3) is 0 Å². The van der Waals surface area contributed by atoms with Gasteiger partial charge in [-0.25, -0.2) is 9.78 Å². The van der Waals surface area contributed by atoms with E-state index in [-0.39, 0.29) is 24.0 Å². The van der Waals surface area contributed by atoms with Crippen molar-refractivity contribution in [3.63, 3.8) is 0 Å². The van der Waals surface area contributed by atoms with Crippen LogP contribution in [-0.2, 0) is 9.47 Å². The van der Waals surface area contributed by atoms with E-state index in [2.05, 4.69) is 16.4 Å². The van der Waals surface area contributed by atoms with Crippen molar-refractivity contribution in [1.82, 2.24) is 9.88 Å². The lowest BCUT2D eigenvalue weighted by atomic mass is 9.84. The van der Waals surface area contributed by atoms with Crippen molar-refractivity contribution >= 4 is 29.2 Å². The van der Waals surface area contributed by atoms with E-state index >= 15 is 0 Å². The van der Waals surface area contributed by atoms with E-state index < -0.39 is 5.60 Å². The van der Waals surface area contributed by atoms with Gasteiger partial charge in [-0.05, 0) is 52.0 Å². The minimum absolute atomic E-state index is 0.0389. The molecular weight excluding hydrogens is 456 g/mol. The van der Waals surface area contributed by atoms with Crippen molar-refractivity contribution in [1.29, 1.82) is 5.26 Å². The molecule has 2 fully saturated rings. The van der Waals surface area contributed by atoms with Crippen molar-refractivity contribution < 1.29 is 19.0 Å². The monoisotopic (exact) mass is 484 g/mol. The zero-order valence-electron chi connectivity index (χ0n) is 19.8. The Morgan fingerprint density at radius 1 is 1.26 bits per heavy atom. The third-order valence-corrected chi connectivity index (χ3v) is 6.24. The van der Waals surface area contributed by atoms with Gasteiger partial charge in [0.15, 0.2) is 0 Å². The summed E-state index contributed by atoms with van der Waals surface area (Å²) < 4.78 is 17.9. The van der Waals surface area contributed by atoms with E-state index in [4.69, 9.17) is 31.1 Å². The molecule has 2 aromatic rings. The number of carbonyl (C=O) groups excluding carboxylic acids is 1. The number of nitrogens with one attached hydrogen (secondary N) is 1. The van der Waals surface area contributed by atoms with Crippen LogP contribution in [0.5, 0.6) is 5.75 Å². The van der Waals surface area contributed by atoms with Crippen LogP contribution >= 0.6 is 11.6 Å². The molecule has 1 N–H and O–H groups in total. The number of nitrogens with zero attached hydrogens (tertiary/aromatic N) is 3. The maximum absolute atomic E-state index is 12.6. The van der Waals surface area contributed by atoms with Crippen LogP contribution in [0, 0.1) is 30.1 Å². The maximum Gasteiger partial charge on any atom is 0.410 e. The third kappa shape index (κ3) is 5.37. The number of carbonyl (C=O) groups is 1. The first-order valence-electron chi connectivity index (χ1n) is 11.3. The molecule has 8 nitrogen and oxygen atoms in total. The van der Waals surface area contributed by atoms with Gasteiger partial charge in [-0.2, -0.15) is 5.26 Å². The second-order valence-electron chi connectivity index (χ2n) is 9.74. The molecule has 0 radical (unpaired) electrons. The molecule has 1 aromatic carbocycles. The van der Waals surface area contributed by atoms with Gasteiger partial charge in [-0.3, -0.25) is 0 Å². The molecule has 2 aliphatic heterocycles. The number of anilines is 2. The van der Waals surface area contributed by atoms with Gasteiger partial charge in [-0.15, -0.1) is 0 Å². The second-order valence-corrected chi connectivity index (χ2v) is 10.1. The Bertz CT molecular complexity index is 1100. The summed E-state index contributed by atoms with van der Waals surface area (Å²) in [5, 5.41) is 12.7. The lowest BCUT2D eigenvalue weighted by molar-refractivity contribution is -0.112. The highest BCUT2D eigenvalue weighted by Crippen LogP contribution is 2.35. The van der Waals surface area contributed by atoms with Gasteiger partial charge in [0, 0.05) is 36.7 Å². The molecule has 3 heterocycles. The van der Waals surface area contributed by atoms with E-state index in [0.717, 1.165) is 11.3 Å². The van der Waals surface area contributed by atoms with Crippen molar-refractivity contribution in [2.24, 2.45) is 11.8 Å². The van der Waals surface area contributed by atoms with E-state index in [1.807, 2.05) is 33.8 Å². The summed E-state index contributed by atoms with van der Waals surface area (Å²) in [5.41, 5.74) is 1.45. The molecule has 1 amide bonds. The van der Waals surface area contributed by atoms with E-state index in [0.29, 0.717) is 48.4 Å². The lowest BCUT2D eigenvalue weighted by Crippen LogP contribution is -2.59. The zero-order chi connectivity index (χ0) is 24.5. The minimum Gasteiger partial charge on any atom is -0.489 e. The van der Waals surface area contributed by atoms with Crippen LogP contribution < -0.4 is 10.1 Å². The average Bonchev–Trinajstić information content (AvgIpc) is 2.76. The number of hydrogen-bond donors (Lipinski definition) is 1. The summed E-state index contributed by atoms with van der Waals surface area (Å²) in [6.07, 6.45) is 1.30. The van der Waals surface area contributed by atoms with Crippen molar-refractivity contribution in [3.05, 3.63) is 46.6 Å². The standard InChI is InChI=1S/C25H29ClN4O4/c1-15-21(7-8-28-23(15)29-20-6-5-16(10-27)9-19(20)26)33-22-17-11-30(12-18(22)14-32-13-17)24(31)34-25(2,3)4/h5-9,17-18,22H,11-14H2,1-4H3,(H,28,29). The number of pyridine rings is 1. The van der Waals surface area contributed by atoms with Crippen LogP contribution in [-0.4, -0.2) is 54.0 Å². The number of amides is 1. The molecule has 2 saturated heterocycles. The number of hydrogen-bond acceptors (Lipinski definition) is 7. The van der Waals surface area contributed by atoms with Crippen LogP contribution in [0.2, 0.25) is 5.02 Å². The highest BCUT2D eigenvalue weighted by Gasteiger charge is 2.44. The predicted octanol–water partition coefficient (Wildman–Crippen LogP) is 4.92. The summed E-state index contributed by atoms with van der Waals surface area (Å²) >= 11 is 6.32. The Balaban J connectivity index is 1.49. The molecule has 2 unspecified atom stereocenters. The van der Waals surface area contributed by atoms with Gasteiger partial charge in [0.25, 0.3) is 0 Å². The first-order chi connectivity index (χ1) is 16.1. The molecule has 34 heavy (non-hydrogen) atoms. The molecular formula is C25H29ClN4O4. The maximum atomic E-state index is 12.6. The first-order valence-corrected chi connectivity index (χ1v) is 11.7. The fourth-order valence-electron chi connectivity index (χ4n) is 4.30. The molecule has 0 spiro atoms. The number of rotatable bonds is 4. The normalized spacial score (nSPS) is 22.0. The summed E-state index contributed by atoms with van der Waals surface area (Å²) in [4.78, 5) is 18.8. The number of ether oxygens (including phenoxy) is 3. The summed E-state index contributed by atoms with van der Waals surface area (Å²) in [7, 11) is 0. The van der Waals surface area contributed by atoms with Gasteiger partial charge in [-0.1, -0.05) is 11.6 Å². The smallest absolute Gasteiger partial charge is 0.410 e. The topological polar surface area (TPSA) is 96.7 Å². The number of likely N-dealkylation sites (tertiary alicyclic amines) is 1. The number of fused-ring (bicyclic) bond motifs is 2. The van der Waals surface area contributed by atoms with Gasteiger partial charge < -0.3 is 24.4 Å². The molecule has 180 valence electrons. The summed E-state index contributed by atoms with van der Waals surface area (Å²) in [6.45, 7) is 9.63. The van der Waals surface area contributed by atoms with Gasteiger partial charge in [0.2, 0.25) is 0 Å². The highest BCUT2D eigenvalue weighted by atomic mass is 35.5. The molecule has 1 aromatic heterocycles. The quantitative estimate of drug-likeness (QED) is 0.657. The van der Waals surface area contributed by atoms with Crippen LogP contribution in [0.3, 0.4) is 0 Å². The van der Waals surface area contributed by atoms with E-state index in [1.54, 1.807) is 29.3 Å². The van der Waals surface area contributed by atoms with E-state index in [1.165, 1.54) is 0 Å². The molecule has 4 rings (SSSR count). The molecule has 0 aliphatic carbocycles. The first kappa shape index (κ1) is 24.1. The summed E-state index contributed by atoms with van der Waals surface area (Å²) in [6, 6.07) is 8.98. The number of nitriles is 1. The molecule has 2 atom stereocenters. The van der Waals surface area contributed by atoms with Crippen LogP contribution in [0.15, 0.2) is 30.5 Å². The lowest BCUT2D eigenvalue weighted by Gasteiger charge is -2.46. The number of halogens is 1. The number of benzene rings is 1. The molecule has 0 saturated carbocycles. The number of piperidine rings is 1. The van der Waals surface area contributed by atoms with Crippen LogP contribution in [0.1, 0.15) is 31.9 Å². The minimum atomic E-state index is -0.536. The average molecular weight is 485 g/mol. The van der Waals surface area contributed by atoms with Gasteiger partial charge >= 0.3 is 6.09 Å². The number of aromatic nitrogens is 1. The third-order valence-electron chi connectivity index (χ3n) is 5.92. The van der Waals surface area contributed by atoms with Crippen molar-refractivity contribution in [2.45, 2.75) is 39.4 Å². The second kappa shape index (κ2) is 9.69. The van der Waals surface area contributed by atoms with Crippen molar-refractivity contribution in [3.8, 4) is 11.8 Å². The Morgan fingerprint density at radius 2 is 1.97 bits per heavy atom. The molecule has 9 heteroatoms. The molecule has 2 bridgehead atoms. The van der Waals surface area contributed by atoms with Gasteiger partial charge in [0.05, 0.1) is 35.6 Å². The Kier molecular flexibility index (Phi) is 6.87. The molecule has 2 aliphatic rings. The zero-order valence-corrected chi connectivity index (χ0v) is 20.6. The predicted molar refractivity (Wildman–Crippen MR) is 128 cm³/mol. The van der Waals surface area contributed by atoms with Gasteiger partial charge in [0.1, 0.15) is 23.3 Å².